The lowest BCUT2D eigenvalue weighted by molar-refractivity contribution is -0.122. The number of nitrogens with one attached hydrogen (secondary N) is 12. The summed E-state index contributed by atoms with van der Waals surface area (Å²) in [5, 5.41) is 53.4. The highest BCUT2D eigenvalue weighted by molar-refractivity contribution is 7.16. The van der Waals surface area contributed by atoms with Gasteiger partial charge in [-0.2, -0.15) is 20.4 Å². The Bertz CT molecular complexity index is 5950. The molecule has 0 bridgehead atoms. The minimum absolute atomic E-state index is 0.0611. The van der Waals surface area contributed by atoms with Gasteiger partial charge in [0.25, 0.3) is 0 Å². The van der Waals surface area contributed by atoms with Crippen molar-refractivity contribution in [3.8, 4) is 0 Å². The van der Waals surface area contributed by atoms with E-state index in [1.165, 1.54) is 45.3 Å². The topological polar surface area (TPSA) is 473 Å². The molecule has 12 aromatic rings. The molecular formula is C93H123N27O10S4. The summed E-state index contributed by atoms with van der Waals surface area (Å²) in [6, 6.07) is 21.8. The van der Waals surface area contributed by atoms with Crippen LogP contribution in [-0.4, -0.2) is 147 Å². The van der Waals surface area contributed by atoms with E-state index in [9.17, 15) is 38.4 Å². The Morgan fingerprint density at radius 3 is 1.13 bits per heavy atom. The average molecular weight is 1910 g/mol. The summed E-state index contributed by atoms with van der Waals surface area (Å²) in [4.78, 5) is 135. The molecule has 0 saturated heterocycles. The molecule has 37 nitrogen and oxygen atoms in total. The summed E-state index contributed by atoms with van der Waals surface area (Å²) in [6.07, 6.45) is 22.4. The predicted molar refractivity (Wildman–Crippen MR) is 527 cm³/mol. The van der Waals surface area contributed by atoms with Crippen molar-refractivity contribution < 1.29 is 47.8 Å². The van der Waals surface area contributed by atoms with Crippen LogP contribution in [0.1, 0.15) is 219 Å². The van der Waals surface area contributed by atoms with Crippen LogP contribution in [0.15, 0.2) is 122 Å². The van der Waals surface area contributed by atoms with Crippen LogP contribution in [0.5, 0.6) is 0 Å². The molecule has 12 N–H and O–H groups in total. The molecule has 11 amide bonds. The third-order valence-corrected chi connectivity index (χ3v) is 24.3. The second-order valence-corrected chi connectivity index (χ2v) is 40.5. The van der Waals surface area contributed by atoms with Crippen LogP contribution in [-0.2, 0) is 124 Å². The van der Waals surface area contributed by atoms with Gasteiger partial charge < -0.3 is 30.7 Å². The molecule has 0 atom stereocenters. The van der Waals surface area contributed by atoms with Crippen molar-refractivity contribution in [1.29, 1.82) is 0 Å². The van der Waals surface area contributed by atoms with E-state index >= 15 is 0 Å². The fourth-order valence-electron chi connectivity index (χ4n) is 12.8. The van der Waals surface area contributed by atoms with Gasteiger partial charge in [-0.3, -0.25) is 66.1 Å². The highest BCUT2D eigenvalue weighted by atomic mass is 32.1. The van der Waals surface area contributed by atoms with Gasteiger partial charge in [0.15, 0.2) is 26.3 Å². The number of pyridine rings is 4. The van der Waals surface area contributed by atoms with Gasteiger partial charge in [0, 0.05) is 153 Å². The highest BCUT2D eigenvalue weighted by Crippen LogP contribution is 2.33. The molecule has 12 heterocycles. The van der Waals surface area contributed by atoms with Crippen LogP contribution in [0.3, 0.4) is 0 Å². The van der Waals surface area contributed by atoms with Gasteiger partial charge >= 0.3 is 30.3 Å². The summed E-state index contributed by atoms with van der Waals surface area (Å²) in [7, 11) is 3.72. The number of H-pyrrole nitrogens is 1. The number of anilines is 10. The van der Waals surface area contributed by atoms with Crippen LogP contribution in [0.2, 0.25) is 0 Å². The smallest absolute Gasteiger partial charge is 0.412 e. The van der Waals surface area contributed by atoms with Crippen molar-refractivity contribution >= 4 is 149 Å². The normalized spacial score (nSPS) is 12.0. The van der Waals surface area contributed by atoms with E-state index in [1.54, 1.807) is 72.7 Å². The Balaban J connectivity index is 0.000000185. The maximum atomic E-state index is 12.6. The number of ether oxygens (including phenoxy) is 2. The molecule has 0 aromatic carbocycles. The van der Waals surface area contributed by atoms with E-state index < -0.39 is 18.2 Å². The van der Waals surface area contributed by atoms with E-state index in [4.69, 9.17) is 9.47 Å². The van der Waals surface area contributed by atoms with Crippen molar-refractivity contribution in [3.05, 3.63) is 198 Å². The number of hydrogen-bond donors (Lipinski definition) is 12. The van der Waals surface area contributed by atoms with Gasteiger partial charge in [0.05, 0.1) is 43.1 Å². The number of carbonyl (C=O) groups excluding carboxylic acids is 8. The Morgan fingerprint density at radius 1 is 0.418 bits per heavy atom. The summed E-state index contributed by atoms with van der Waals surface area (Å²) < 4.78 is 15.1. The third kappa shape index (κ3) is 33.2. The molecule has 41 heteroatoms. The number of amides is 11. The number of nitrogens with zero attached hydrogens (tertiary/aromatic N) is 15. The van der Waals surface area contributed by atoms with Gasteiger partial charge in [0.1, 0.15) is 29.1 Å². The molecule has 1 aliphatic carbocycles. The van der Waals surface area contributed by atoms with Gasteiger partial charge in [-0.1, -0.05) is 89.5 Å². The fourth-order valence-corrected chi connectivity index (χ4v) is 16.1. The first-order valence-electron chi connectivity index (χ1n) is 44.4. The monoisotopic (exact) mass is 1910 g/mol. The zero-order chi connectivity index (χ0) is 97.0. The second-order valence-electron chi connectivity index (χ2n) is 36.0. The number of thiazole rings is 4. The molecule has 1 saturated carbocycles. The molecule has 0 radical (unpaired) electrons. The van der Waals surface area contributed by atoms with E-state index in [0.717, 1.165) is 147 Å². The number of rotatable bonds is 31. The SMILES string of the molecule is CCNC(=O)Nc1cc(CCc2cnc(NC(=O)Cc3cc(C(C)(C)C)nn3C)s2)ccn1.CCOC(=O)Nc1cc(CCc2cnc(NC(=O)Nc3cc(C(C)(C)C)[nH]n3)s2)ccn1.CCOC(=O)Nc1cc(CCc2cnc(NC(=O)Nc3cc(C(C)(C)C)nn3C(C)C)s2)ccn1.Cn1nc(C(C)(C)C)cc1CC(=O)Nc1ncc(CCc2ccnc(NC(=O)C3CCC3)c2)s1. The van der Waals surface area contributed by atoms with Gasteiger partial charge in [-0.25, -0.2) is 68.5 Å². The van der Waals surface area contributed by atoms with Crippen LogP contribution < -0.4 is 58.5 Å². The Labute approximate surface area is 796 Å². The lowest BCUT2D eigenvalue weighted by Crippen LogP contribution is -2.28. The molecule has 0 aliphatic heterocycles. The van der Waals surface area contributed by atoms with Crippen molar-refractivity contribution in [2.45, 2.75) is 229 Å². The minimum Gasteiger partial charge on any atom is -0.450 e. The molecule has 1 fully saturated rings. The van der Waals surface area contributed by atoms with Crippen molar-refractivity contribution in [3.63, 3.8) is 0 Å². The summed E-state index contributed by atoms with van der Waals surface area (Å²) in [6.45, 7) is 35.6. The zero-order valence-electron chi connectivity index (χ0n) is 79.4. The molecular weight excluding hydrogens is 1780 g/mol. The molecule has 134 heavy (non-hydrogen) atoms. The largest absolute Gasteiger partial charge is 0.450 e. The highest BCUT2D eigenvalue weighted by Gasteiger charge is 2.28. The number of carbonyl (C=O) groups is 8. The number of aromatic amines is 1. The standard InChI is InChI=1S/C25H32N6O2S.C24H33N7O3S.C23H31N7O2S.C21H27N7O3S/c1-25(2,3)20-13-18(31(4)30-20)14-22(32)29-24-27-15-19(34-24)9-8-16-10-11-26-21(12-16)28-23(33)17-6-5-7-17;1-7-34-23(33)27-19-12-16(10-11-25-19)8-9-17-14-26-22(35-17)29-21(32)28-20-13-18(24(4,5)6)30-31(20)15(2)3;1-6-24-21(32)27-19-11-15(9-10-25-19)7-8-17-14-26-22(33-17)28-20(31)13-16-12-18(23(2,3)4)29-30(16)5;1-5-31-20(30)25-16-10-13(8-9-22-16)6-7-14-12-23-19(32-14)26-18(29)24-17-11-15(27-28-17)21(2,3)4/h10-13,15,17H,5-9,14H2,1-4H3,(H,26,28,33)(H,27,29,32);10-15H,7-9H2,1-6H3,(H,25,27,33)(H2,26,28,29,32);9-12,14H,6-8,13H2,1-5H3,(H,26,28,31)(H2,24,25,27,32);8-12H,5-7H2,1-4H3,(H,22,25,30)(H3,23,24,26,27,28,29). The number of aryl methyl sites for hydroxylation is 10. The quantitative estimate of drug-likeness (QED) is 0.0192. The Kier molecular flexibility index (Phi) is 36.7. The summed E-state index contributed by atoms with van der Waals surface area (Å²) in [5.41, 5.74) is 9.37. The van der Waals surface area contributed by atoms with E-state index in [-0.39, 0.29) is 76.2 Å². The first kappa shape index (κ1) is 103. The first-order chi connectivity index (χ1) is 63.6. The third-order valence-electron chi connectivity index (χ3n) is 20.4. The molecule has 0 unspecified atom stereocenters. The van der Waals surface area contributed by atoms with Crippen LogP contribution in [0.4, 0.5) is 79.4 Å². The van der Waals surface area contributed by atoms with Crippen molar-refractivity contribution in [2.75, 3.05) is 72.9 Å². The lowest BCUT2D eigenvalue weighted by atomic mass is 9.85. The number of hydrogen-bond acceptors (Lipinski definition) is 26. The van der Waals surface area contributed by atoms with Crippen molar-refractivity contribution in [1.82, 2.24) is 84.7 Å². The zero-order valence-corrected chi connectivity index (χ0v) is 82.7. The first-order valence-corrected chi connectivity index (χ1v) is 47.7. The summed E-state index contributed by atoms with van der Waals surface area (Å²) in [5.74, 6) is 3.08. The average Bonchev–Trinajstić information content (AvgIpc) is 1.67. The van der Waals surface area contributed by atoms with Gasteiger partial charge in [-0.15, -0.1) is 45.3 Å². The maximum Gasteiger partial charge on any atom is 0.412 e. The summed E-state index contributed by atoms with van der Waals surface area (Å²) >= 11 is 5.78. The molecule has 12 aromatic heterocycles. The molecule has 13 rings (SSSR count). The molecule has 0 spiro atoms. The molecule has 714 valence electrons. The van der Waals surface area contributed by atoms with Crippen LogP contribution >= 0.6 is 45.3 Å². The maximum absolute atomic E-state index is 12.6. The minimum atomic E-state index is -0.530. The molecule has 1 aliphatic rings. The Hall–Kier alpha value is -13.3. The number of aromatic nitrogens is 16. The van der Waals surface area contributed by atoms with E-state index in [2.05, 4.69) is 207 Å². The van der Waals surface area contributed by atoms with Crippen molar-refractivity contribution in [2.24, 2.45) is 20.0 Å². The van der Waals surface area contributed by atoms with Gasteiger partial charge in [-0.05, 0) is 182 Å². The van der Waals surface area contributed by atoms with Crippen LogP contribution in [0.25, 0.3) is 0 Å². The predicted octanol–water partition coefficient (Wildman–Crippen LogP) is 18.1. The van der Waals surface area contributed by atoms with E-state index in [1.807, 2.05) is 112 Å². The van der Waals surface area contributed by atoms with Crippen LogP contribution in [0, 0.1) is 5.92 Å². The van der Waals surface area contributed by atoms with Gasteiger partial charge in [0.2, 0.25) is 17.7 Å². The number of urea groups is 3. The fraction of sp³-hybridized carbons (Fsp3) is 0.441. The van der Waals surface area contributed by atoms with E-state index in [0.29, 0.717) is 75.2 Å². The lowest BCUT2D eigenvalue weighted by Gasteiger charge is -2.23. The Morgan fingerprint density at radius 2 is 0.784 bits per heavy atom. The second kappa shape index (κ2) is 47.9.